The molecule has 0 saturated carbocycles. The van der Waals surface area contributed by atoms with E-state index in [-0.39, 0.29) is 0 Å². The van der Waals surface area contributed by atoms with Crippen LogP contribution >= 0.6 is 0 Å². The zero-order valence-electron chi connectivity index (χ0n) is 27.1. The Kier molecular flexibility index (Phi) is 6.40. The average Bonchev–Trinajstić information content (AvgIpc) is 3.49. The molecule has 0 N–H and O–H groups in total. The Hall–Kier alpha value is -6.58. The van der Waals surface area contributed by atoms with Crippen molar-refractivity contribution in [2.45, 2.75) is 5.41 Å². The Morgan fingerprint density at radius 1 is 0.340 bits per heavy atom. The highest BCUT2D eigenvalue weighted by molar-refractivity contribution is 5.93. The van der Waals surface area contributed by atoms with E-state index in [4.69, 9.17) is 4.74 Å². The van der Waals surface area contributed by atoms with Crippen LogP contribution in [0.1, 0.15) is 22.3 Å². The Bertz CT molecular complexity index is 2530. The van der Waals surface area contributed by atoms with Crippen LogP contribution in [0.5, 0.6) is 11.5 Å². The number of hydrogen-bond acceptors (Lipinski definition) is 3. The topological polar surface area (TPSA) is 35.0 Å². The second kappa shape index (κ2) is 11.3. The molecule has 50 heavy (non-hydrogen) atoms. The highest BCUT2D eigenvalue weighted by atomic mass is 16.5. The van der Waals surface area contributed by atoms with E-state index >= 15 is 0 Å². The van der Waals surface area contributed by atoms with Gasteiger partial charge >= 0.3 is 0 Å². The molecule has 0 saturated heterocycles. The molecule has 1 spiro atoms. The first-order valence-electron chi connectivity index (χ1n) is 17.0. The van der Waals surface area contributed by atoms with Crippen LogP contribution in [0.4, 0.5) is 0 Å². The van der Waals surface area contributed by atoms with E-state index in [2.05, 4.69) is 168 Å². The van der Waals surface area contributed by atoms with Gasteiger partial charge in [-0.15, -0.1) is 10.2 Å². The van der Waals surface area contributed by atoms with Crippen molar-refractivity contribution in [1.82, 2.24) is 10.2 Å². The molecular formula is C47H30N2O. The van der Waals surface area contributed by atoms with Gasteiger partial charge in [0.2, 0.25) is 0 Å². The third-order valence-electron chi connectivity index (χ3n) is 10.3. The Labute approximate surface area is 291 Å². The van der Waals surface area contributed by atoms with Crippen LogP contribution in [0, 0.1) is 0 Å². The zero-order chi connectivity index (χ0) is 33.1. The maximum atomic E-state index is 6.99. The molecule has 3 heteroatoms. The summed E-state index contributed by atoms with van der Waals surface area (Å²) in [4.78, 5) is 0. The molecule has 1 aromatic heterocycles. The first-order chi connectivity index (χ1) is 24.8. The van der Waals surface area contributed by atoms with E-state index in [1.165, 1.54) is 27.8 Å². The number of benzene rings is 7. The fourth-order valence-electron chi connectivity index (χ4n) is 8.16. The van der Waals surface area contributed by atoms with Crippen molar-refractivity contribution in [1.29, 1.82) is 0 Å². The van der Waals surface area contributed by atoms with Gasteiger partial charge in [0.25, 0.3) is 0 Å². The highest BCUT2D eigenvalue weighted by Crippen LogP contribution is 2.63. The van der Waals surface area contributed by atoms with E-state index < -0.39 is 5.41 Å². The quantitative estimate of drug-likeness (QED) is 0.192. The number of nitrogens with zero attached hydrogens (tertiary/aromatic N) is 2. The average molecular weight is 639 g/mol. The molecule has 3 nitrogen and oxygen atoms in total. The van der Waals surface area contributed by atoms with E-state index in [0.29, 0.717) is 0 Å². The lowest BCUT2D eigenvalue weighted by Gasteiger charge is -2.40. The van der Waals surface area contributed by atoms with E-state index in [0.717, 1.165) is 61.8 Å². The third kappa shape index (κ3) is 4.17. The molecule has 234 valence electrons. The molecule has 1 aliphatic carbocycles. The highest BCUT2D eigenvalue weighted by Gasteiger charge is 2.51. The molecule has 0 atom stereocenters. The SMILES string of the molecule is c1ccc(-c2ccc(-c3cccc(-c4ccccc4-c4cccc5c4Oc4ccccc4C54c5ccccc5-c5ccccc54)c3)nn2)cc1. The van der Waals surface area contributed by atoms with Crippen LogP contribution in [-0.4, -0.2) is 10.2 Å². The van der Waals surface area contributed by atoms with E-state index in [1.54, 1.807) is 0 Å². The third-order valence-corrected chi connectivity index (χ3v) is 10.3. The van der Waals surface area contributed by atoms with Crippen LogP contribution in [0.25, 0.3) is 55.9 Å². The van der Waals surface area contributed by atoms with Gasteiger partial charge in [0.15, 0.2) is 0 Å². The molecule has 0 radical (unpaired) electrons. The van der Waals surface area contributed by atoms with Gasteiger partial charge < -0.3 is 4.74 Å². The maximum Gasteiger partial charge on any atom is 0.140 e. The number of hydrogen-bond donors (Lipinski definition) is 0. The first-order valence-corrected chi connectivity index (χ1v) is 17.0. The Morgan fingerprint density at radius 3 is 1.56 bits per heavy atom. The maximum absolute atomic E-state index is 6.99. The molecule has 0 fully saturated rings. The number of aromatic nitrogens is 2. The van der Waals surface area contributed by atoms with Gasteiger partial charge in [-0.05, 0) is 63.2 Å². The van der Waals surface area contributed by atoms with Gasteiger partial charge in [-0.25, -0.2) is 0 Å². The van der Waals surface area contributed by atoms with Crippen molar-refractivity contribution in [2.24, 2.45) is 0 Å². The number of rotatable bonds is 4. The van der Waals surface area contributed by atoms with Gasteiger partial charge in [-0.1, -0.05) is 158 Å². The monoisotopic (exact) mass is 638 g/mol. The lowest BCUT2D eigenvalue weighted by Crippen LogP contribution is -2.32. The predicted molar refractivity (Wildman–Crippen MR) is 201 cm³/mol. The lowest BCUT2D eigenvalue weighted by atomic mass is 9.65. The van der Waals surface area contributed by atoms with Crippen LogP contribution in [-0.2, 0) is 5.41 Å². The molecule has 7 aromatic carbocycles. The second-order valence-corrected chi connectivity index (χ2v) is 12.9. The minimum Gasteiger partial charge on any atom is -0.456 e. The van der Waals surface area contributed by atoms with Crippen molar-refractivity contribution in [3.05, 3.63) is 204 Å². The summed E-state index contributed by atoms with van der Waals surface area (Å²) in [6.45, 7) is 0. The van der Waals surface area contributed by atoms with Crippen LogP contribution in [0.15, 0.2) is 182 Å². The summed E-state index contributed by atoms with van der Waals surface area (Å²) in [5.74, 6) is 1.78. The van der Waals surface area contributed by atoms with Gasteiger partial charge in [0.1, 0.15) is 11.5 Å². The summed E-state index contributed by atoms with van der Waals surface area (Å²) in [5, 5.41) is 9.19. The second-order valence-electron chi connectivity index (χ2n) is 12.9. The predicted octanol–water partition coefficient (Wildman–Crippen LogP) is 11.6. The van der Waals surface area contributed by atoms with Crippen LogP contribution < -0.4 is 4.74 Å². The summed E-state index contributed by atoms with van der Waals surface area (Å²) in [6.07, 6.45) is 0. The summed E-state index contributed by atoms with van der Waals surface area (Å²) in [7, 11) is 0. The minimum absolute atomic E-state index is 0.507. The first kappa shape index (κ1) is 28.4. The summed E-state index contributed by atoms with van der Waals surface area (Å²) in [6, 6.07) is 64.4. The van der Waals surface area contributed by atoms with Gasteiger partial charge in [0, 0.05) is 27.8 Å². The van der Waals surface area contributed by atoms with Crippen LogP contribution in [0.3, 0.4) is 0 Å². The summed E-state index contributed by atoms with van der Waals surface area (Å²) < 4.78 is 6.99. The lowest BCUT2D eigenvalue weighted by molar-refractivity contribution is 0.438. The number of para-hydroxylation sites is 2. The molecule has 2 heterocycles. The molecule has 1 aliphatic heterocycles. The standard InChI is InChI=1S/C47H30N2O/c1-2-14-31(15-3-1)43-28-29-44(49-48-43)33-17-12-16-32(30-33)34-18-4-5-19-35(34)38-22-13-26-42-46(38)50-45-27-11-10-25-41(45)47(42)39-23-8-6-20-36(39)37-21-7-9-24-40(37)47/h1-30H. The molecule has 0 unspecified atom stereocenters. The summed E-state index contributed by atoms with van der Waals surface area (Å²) in [5.41, 5.74) is 15.1. The largest absolute Gasteiger partial charge is 0.456 e. The molecule has 2 aliphatic rings. The van der Waals surface area contributed by atoms with Gasteiger partial charge in [0.05, 0.1) is 16.8 Å². The van der Waals surface area contributed by atoms with E-state index in [1.807, 2.05) is 24.3 Å². The fourth-order valence-corrected chi connectivity index (χ4v) is 8.16. The fraction of sp³-hybridized carbons (Fsp3) is 0.0213. The van der Waals surface area contributed by atoms with Gasteiger partial charge in [-0.3, -0.25) is 0 Å². The Balaban J connectivity index is 1.14. The molecular weight excluding hydrogens is 609 g/mol. The van der Waals surface area contributed by atoms with Crippen molar-refractivity contribution >= 4 is 0 Å². The van der Waals surface area contributed by atoms with Crippen molar-refractivity contribution < 1.29 is 4.74 Å². The number of fused-ring (bicyclic) bond motifs is 9. The zero-order valence-corrected chi connectivity index (χ0v) is 27.1. The normalized spacial score (nSPS) is 13.1. The van der Waals surface area contributed by atoms with Gasteiger partial charge in [-0.2, -0.15) is 0 Å². The van der Waals surface area contributed by atoms with Crippen LogP contribution in [0.2, 0.25) is 0 Å². The molecule has 10 rings (SSSR count). The summed E-state index contributed by atoms with van der Waals surface area (Å²) >= 11 is 0. The minimum atomic E-state index is -0.507. The van der Waals surface area contributed by atoms with Crippen molar-refractivity contribution in [3.63, 3.8) is 0 Å². The Morgan fingerprint density at radius 2 is 0.840 bits per heavy atom. The van der Waals surface area contributed by atoms with Crippen molar-refractivity contribution in [2.75, 3.05) is 0 Å². The number of ether oxygens (including phenoxy) is 1. The molecule has 8 aromatic rings. The molecule has 0 amide bonds. The molecule has 0 bridgehead atoms. The smallest absolute Gasteiger partial charge is 0.140 e. The van der Waals surface area contributed by atoms with Crippen molar-refractivity contribution in [3.8, 4) is 67.4 Å². The van der Waals surface area contributed by atoms with E-state index in [9.17, 15) is 0 Å².